The quantitative estimate of drug-likeness (QED) is 0.393. The van der Waals surface area contributed by atoms with Crippen LogP contribution in [0.4, 0.5) is 17.2 Å². The van der Waals surface area contributed by atoms with Gasteiger partial charge in [-0.15, -0.1) is 0 Å². The second-order valence-electron chi connectivity index (χ2n) is 8.12. The Bertz CT molecular complexity index is 1300. The molecule has 0 bridgehead atoms. The fraction of sp³-hybridized carbons (Fsp3) is 0.320. The summed E-state index contributed by atoms with van der Waals surface area (Å²) in [5, 5.41) is 3.61. The number of ether oxygens (including phenoxy) is 1. The van der Waals surface area contributed by atoms with Gasteiger partial charge in [-0.25, -0.2) is 4.79 Å². The first-order chi connectivity index (χ1) is 16.8. The summed E-state index contributed by atoms with van der Waals surface area (Å²) in [7, 11) is 1.51. The van der Waals surface area contributed by atoms with Crippen molar-refractivity contribution in [3.8, 4) is 5.75 Å². The maximum absolute atomic E-state index is 13.3. The molecular formula is C25H30ClN5O4. The number of carbonyl (C=O) groups excluding carboxylic acids is 1. The Morgan fingerprint density at radius 1 is 1.23 bits per heavy atom. The highest BCUT2D eigenvalue weighted by molar-refractivity contribution is 6.31. The minimum Gasteiger partial charge on any atom is -0.495 e. The fourth-order valence-corrected chi connectivity index (χ4v) is 3.83. The third kappa shape index (κ3) is 6.05. The minimum atomic E-state index is -0.707. The summed E-state index contributed by atoms with van der Waals surface area (Å²) in [6, 6.07) is 12.7. The van der Waals surface area contributed by atoms with E-state index in [9.17, 15) is 14.4 Å². The molecule has 0 atom stereocenters. The number of nitrogens with two attached hydrogens (primary N) is 1. The summed E-state index contributed by atoms with van der Waals surface area (Å²) in [6.07, 6.45) is 1.44. The Hall–Kier alpha value is -3.72. The molecule has 35 heavy (non-hydrogen) atoms. The second kappa shape index (κ2) is 11.6. The Morgan fingerprint density at radius 2 is 1.94 bits per heavy atom. The van der Waals surface area contributed by atoms with Crippen molar-refractivity contribution in [3.05, 3.63) is 79.5 Å². The Balaban J connectivity index is 1.95. The van der Waals surface area contributed by atoms with Gasteiger partial charge in [0.25, 0.3) is 5.56 Å². The van der Waals surface area contributed by atoms with Crippen molar-refractivity contribution in [1.82, 2.24) is 9.55 Å². The van der Waals surface area contributed by atoms with Gasteiger partial charge in [0.05, 0.1) is 25.9 Å². The lowest BCUT2D eigenvalue weighted by molar-refractivity contribution is -0.117. The molecule has 3 rings (SSSR count). The molecule has 2 aromatic carbocycles. The van der Waals surface area contributed by atoms with Crippen LogP contribution in [-0.2, 0) is 11.3 Å². The van der Waals surface area contributed by atoms with Crippen LogP contribution in [0.5, 0.6) is 5.75 Å². The number of nitrogens with one attached hydrogen (secondary N) is 2. The lowest BCUT2D eigenvalue weighted by Crippen LogP contribution is -2.43. The molecule has 0 fully saturated rings. The first-order valence-corrected chi connectivity index (χ1v) is 11.7. The average molecular weight is 500 g/mol. The Morgan fingerprint density at radius 3 is 2.60 bits per heavy atom. The van der Waals surface area contributed by atoms with E-state index in [-0.39, 0.29) is 37.0 Å². The van der Waals surface area contributed by atoms with E-state index in [4.69, 9.17) is 22.1 Å². The molecule has 9 nitrogen and oxygen atoms in total. The number of amides is 1. The van der Waals surface area contributed by atoms with Gasteiger partial charge in [-0.2, -0.15) is 0 Å². The van der Waals surface area contributed by atoms with Crippen LogP contribution in [0.15, 0.2) is 52.1 Å². The number of H-pyrrole nitrogens is 1. The van der Waals surface area contributed by atoms with E-state index in [1.54, 1.807) is 12.1 Å². The molecule has 0 aliphatic carbocycles. The van der Waals surface area contributed by atoms with Gasteiger partial charge in [-0.1, -0.05) is 55.3 Å². The van der Waals surface area contributed by atoms with Crippen molar-refractivity contribution >= 4 is 34.7 Å². The molecule has 10 heteroatoms. The molecule has 0 unspecified atom stereocenters. The predicted molar refractivity (Wildman–Crippen MR) is 140 cm³/mol. The van der Waals surface area contributed by atoms with Gasteiger partial charge in [0.2, 0.25) is 5.91 Å². The zero-order valence-electron chi connectivity index (χ0n) is 20.1. The molecule has 0 radical (unpaired) electrons. The predicted octanol–water partition coefficient (Wildman–Crippen LogP) is 3.38. The molecular weight excluding hydrogens is 470 g/mol. The van der Waals surface area contributed by atoms with E-state index >= 15 is 0 Å². The number of halogens is 1. The zero-order chi connectivity index (χ0) is 25.5. The molecule has 0 saturated carbocycles. The third-order valence-electron chi connectivity index (χ3n) is 5.61. The van der Waals surface area contributed by atoms with E-state index < -0.39 is 11.2 Å². The van der Waals surface area contributed by atoms with Crippen molar-refractivity contribution in [2.24, 2.45) is 0 Å². The highest BCUT2D eigenvalue weighted by Crippen LogP contribution is 2.31. The highest BCUT2D eigenvalue weighted by Gasteiger charge is 2.24. The first-order valence-electron chi connectivity index (χ1n) is 11.3. The molecule has 0 aliphatic heterocycles. The number of anilines is 3. The summed E-state index contributed by atoms with van der Waals surface area (Å²) in [6.45, 7) is 4.12. The van der Waals surface area contributed by atoms with Crippen molar-refractivity contribution in [3.63, 3.8) is 0 Å². The van der Waals surface area contributed by atoms with E-state index in [1.807, 2.05) is 44.2 Å². The van der Waals surface area contributed by atoms with Crippen molar-refractivity contribution < 1.29 is 9.53 Å². The van der Waals surface area contributed by atoms with Crippen molar-refractivity contribution in [2.45, 2.75) is 33.2 Å². The fourth-order valence-electron chi connectivity index (χ4n) is 3.68. The van der Waals surface area contributed by atoms with Crippen LogP contribution in [0, 0.1) is 6.92 Å². The monoisotopic (exact) mass is 499 g/mol. The number of benzene rings is 2. The number of methoxy groups -OCH3 is 1. The number of nitrogen functional groups attached to an aromatic ring is 1. The number of unbranched alkanes of at least 4 members (excludes halogenated alkanes) is 1. The molecule has 1 aromatic heterocycles. The molecule has 186 valence electrons. The van der Waals surface area contributed by atoms with Crippen LogP contribution in [-0.4, -0.2) is 35.7 Å². The van der Waals surface area contributed by atoms with E-state index in [2.05, 4.69) is 10.3 Å². The molecule has 4 N–H and O–H groups in total. The third-order valence-corrected chi connectivity index (χ3v) is 6.02. The lowest BCUT2D eigenvalue weighted by Gasteiger charge is -2.25. The maximum atomic E-state index is 13.3. The summed E-state index contributed by atoms with van der Waals surface area (Å²) in [5.41, 5.74) is 7.18. The number of aryl methyl sites for hydroxylation is 1. The summed E-state index contributed by atoms with van der Waals surface area (Å²) < 4.78 is 6.62. The summed E-state index contributed by atoms with van der Waals surface area (Å²) in [4.78, 5) is 42.4. The zero-order valence-corrected chi connectivity index (χ0v) is 20.8. The number of aromatic nitrogens is 2. The van der Waals surface area contributed by atoms with Gasteiger partial charge in [0.15, 0.2) is 5.69 Å². The van der Waals surface area contributed by atoms with Crippen LogP contribution in [0.3, 0.4) is 0 Å². The van der Waals surface area contributed by atoms with Crippen LogP contribution >= 0.6 is 11.6 Å². The molecule has 0 spiro atoms. The smallest absolute Gasteiger partial charge is 0.330 e. The number of aromatic amines is 1. The van der Waals surface area contributed by atoms with Crippen molar-refractivity contribution in [1.29, 1.82) is 0 Å². The topological polar surface area (TPSA) is 122 Å². The maximum Gasteiger partial charge on any atom is 0.330 e. The first kappa shape index (κ1) is 25.9. The molecule has 0 aliphatic rings. The Labute approximate surface area is 208 Å². The van der Waals surface area contributed by atoms with Gasteiger partial charge >= 0.3 is 5.69 Å². The van der Waals surface area contributed by atoms with E-state index in [1.165, 1.54) is 16.6 Å². The highest BCUT2D eigenvalue weighted by atomic mass is 35.5. The van der Waals surface area contributed by atoms with Gasteiger partial charge in [0.1, 0.15) is 11.6 Å². The number of carbonyl (C=O) groups is 1. The van der Waals surface area contributed by atoms with Crippen LogP contribution < -0.4 is 31.9 Å². The van der Waals surface area contributed by atoms with Gasteiger partial charge in [0, 0.05) is 17.6 Å². The van der Waals surface area contributed by atoms with Gasteiger partial charge in [-0.3, -0.25) is 19.1 Å². The lowest BCUT2D eigenvalue weighted by atomic mass is 10.2. The minimum absolute atomic E-state index is 0.0416. The average Bonchev–Trinajstić information content (AvgIpc) is 2.84. The largest absolute Gasteiger partial charge is 0.495 e. The SMILES string of the molecule is CCCCN(C(=O)CNc1cc(C)c(Cl)cc1OC)c1c(N)n(Cc2ccccc2)c(=O)[nH]c1=O. The van der Waals surface area contributed by atoms with Crippen LogP contribution in [0.1, 0.15) is 30.9 Å². The number of rotatable bonds is 10. The standard InChI is InChI=1S/C25H30ClN5O4/c1-4-5-11-30(21(32)14-28-19-12-16(2)18(26)13-20(19)35-3)22-23(27)31(25(34)29-24(22)33)15-17-9-7-6-8-10-17/h6-10,12-13,28H,4-5,11,14-15,27H2,1-3H3,(H,29,33,34). The van der Waals surface area contributed by atoms with Crippen LogP contribution in [0.2, 0.25) is 5.02 Å². The van der Waals surface area contributed by atoms with Crippen molar-refractivity contribution in [2.75, 3.05) is 36.1 Å². The molecule has 3 aromatic rings. The van der Waals surface area contributed by atoms with E-state index in [0.29, 0.717) is 22.9 Å². The number of nitrogens with zero attached hydrogens (tertiary/aromatic N) is 2. The number of hydrogen-bond acceptors (Lipinski definition) is 6. The van der Waals surface area contributed by atoms with Crippen LogP contribution in [0.25, 0.3) is 0 Å². The molecule has 0 saturated heterocycles. The van der Waals surface area contributed by atoms with E-state index in [0.717, 1.165) is 17.5 Å². The van der Waals surface area contributed by atoms with Gasteiger partial charge < -0.3 is 20.7 Å². The number of hydrogen-bond donors (Lipinski definition) is 3. The molecule has 1 heterocycles. The van der Waals surface area contributed by atoms with Gasteiger partial charge in [-0.05, 0) is 30.5 Å². The summed E-state index contributed by atoms with van der Waals surface area (Å²) >= 11 is 6.17. The molecule has 1 amide bonds. The second-order valence-corrected chi connectivity index (χ2v) is 8.53. The summed E-state index contributed by atoms with van der Waals surface area (Å²) in [5.74, 6) is 0.0458. The Kier molecular flexibility index (Phi) is 8.59. The normalized spacial score (nSPS) is 10.7.